The fraction of sp³-hybridized carbons (Fsp3) is 0.462. The first-order valence-corrected chi connectivity index (χ1v) is 6.01. The average Bonchev–Trinajstić information content (AvgIpc) is 2.37. The molecule has 1 aromatic heterocycles. The summed E-state index contributed by atoms with van der Waals surface area (Å²) >= 11 is 0. The van der Waals surface area contributed by atoms with Gasteiger partial charge in [0.15, 0.2) is 0 Å². The zero-order valence-electron chi connectivity index (χ0n) is 11.8. The van der Waals surface area contributed by atoms with E-state index in [9.17, 15) is 9.59 Å². The highest BCUT2D eigenvalue weighted by molar-refractivity contribution is 5.85. The molecule has 20 heavy (non-hydrogen) atoms. The van der Waals surface area contributed by atoms with E-state index in [0.717, 1.165) is 0 Å². The van der Waals surface area contributed by atoms with Gasteiger partial charge in [-0.05, 0) is 18.1 Å². The molecule has 0 saturated heterocycles. The van der Waals surface area contributed by atoms with Crippen molar-refractivity contribution in [2.75, 3.05) is 12.8 Å². The molecule has 6 nitrogen and oxygen atoms in total. The molecule has 1 aromatic rings. The number of halogens is 1. The Labute approximate surface area is 124 Å². The first-order chi connectivity index (χ1) is 8.93. The second-order valence-electron chi connectivity index (χ2n) is 4.57. The van der Waals surface area contributed by atoms with E-state index in [1.807, 2.05) is 13.8 Å². The Morgan fingerprint density at radius 3 is 2.50 bits per heavy atom. The van der Waals surface area contributed by atoms with Crippen LogP contribution in [0.3, 0.4) is 0 Å². The van der Waals surface area contributed by atoms with Gasteiger partial charge < -0.3 is 15.8 Å². The Morgan fingerprint density at radius 2 is 2.05 bits per heavy atom. The Balaban J connectivity index is 0.00000361. The predicted molar refractivity (Wildman–Crippen MR) is 78.4 cm³/mol. The topological polar surface area (TPSA) is 94.3 Å². The number of hydrogen-bond acceptors (Lipinski definition) is 5. The van der Waals surface area contributed by atoms with Gasteiger partial charge in [-0.2, -0.15) is 0 Å². The van der Waals surface area contributed by atoms with Crippen LogP contribution in [-0.2, 0) is 20.7 Å². The molecule has 0 aliphatic carbocycles. The maximum atomic E-state index is 11.8. The lowest BCUT2D eigenvalue weighted by atomic mass is 10.0. The van der Waals surface area contributed by atoms with Crippen LogP contribution in [0.5, 0.6) is 0 Å². The third-order valence-electron chi connectivity index (χ3n) is 2.63. The van der Waals surface area contributed by atoms with Gasteiger partial charge in [0.1, 0.15) is 6.04 Å². The second-order valence-corrected chi connectivity index (χ2v) is 4.57. The van der Waals surface area contributed by atoms with Crippen LogP contribution in [0.1, 0.15) is 19.5 Å². The summed E-state index contributed by atoms with van der Waals surface area (Å²) in [6, 6.07) is 2.71. The average molecular weight is 302 g/mol. The quantitative estimate of drug-likeness (QED) is 0.789. The van der Waals surface area contributed by atoms with Gasteiger partial charge in [0.05, 0.1) is 25.4 Å². The molecule has 0 fully saturated rings. The van der Waals surface area contributed by atoms with E-state index in [-0.39, 0.29) is 30.7 Å². The number of anilines is 1. The molecule has 3 N–H and O–H groups in total. The van der Waals surface area contributed by atoms with Crippen molar-refractivity contribution >= 4 is 30.0 Å². The molecule has 0 radical (unpaired) electrons. The summed E-state index contributed by atoms with van der Waals surface area (Å²) in [5.41, 5.74) is 6.65. The second kappa shape index (κ2) is 8.37. The van der Waals surface area contributed by atoms with Gasteiger partial charge >= 0.3 is 5.97 Å². The highest BCUT2D eigenvalue weighted by atomic mass is 35.5. The number of nitrogens with zero attached hydrogens (tertiary/aromatic N) is 1. The Morgan fingerprint density at radius 1 is 1.40 bits per heavy atom. The molecular formula is C13H20ClN3O3. The summed E-state index contributed by atoms with van der Waals surface area (Å²) in [6.07, 6.45) is 1.59. The molecule has 112 valence electrons. The van der Waals surface area contributed by atoms with Crippen molar-refractivity contribution in [3.05, 3.63) is 24.0 Å². The number of aromatic nitrogens is 1. The van der Waals surface area contributed by atoms with Crippen molar-refractivity contribution in [2.45, 2.75) is 26.3 Å². The van der Waals surface area contributed by atoms with E-state index in [0.29, 0.717) is 11.4 Å². The normalized spacial score (nSPS) is 11.4. The van der Waals surface area contributed by atoms with E-state index >= 15 is 0 Å². The van der Waals surface area contributed by atoms with Crippen LogP contribution in [0, 0.1) is 5.92 Å². The van der Waals surface area contributed by atoms with Crippen molar-refractivity contribution in [3.8, 4) is 0 Å². The number of carbonyl (C=O) groups excluding carboxylic acids is 2. The van der Waals surface area contributed by atoms with E-state index < -0.39 is 12.0 Å². The summed E-state index contributed by atoms with van der Waals surface area (Å²) in [6.45, 7) is 3.67. The van der Waals surface area contributed by atoms with Crippen LogP contribution in [-0.4, -0.2) is 30.0 Å². The van der Waals surface area contributed by atoms with Crippen LogP contribution in [0.25, 0.3) is 0 Å². The number of nitrogens with one attached hydrogen (secondary N) is 1. The van der Waals surface area contributed by atoms with E-state index in [1.165, 1.54) is 13.3 Å². The Kier molecular flexibility index (Phi) is 7.61. The molecule has 0 bridgehead atoms. The molecule has 1 unspecified atom stereocenters. The van der Waals surface area contributed by atoms with Gasteiger partial charge in [-0.15, -0.1) is 12.4 Å². The third kappa shape index (κ3) is 5.44. The number of carbonyl (C=O) groups is 2. The minimum atomic E-state index is -0.647. The van der Waals surface area contributed by atoms with E-state index in [4.69, 9.17) is 5.73 Å². The largest absolute Gasteiger partial charge is 0.467 e. The van der Waals surface area contributed by atoms with Crippen molar-refractivity contribution in [1.82, 2.24) is 10.3 Å². The standard InChI is InChI=1S/C13H19N3O3.ClH/c1-8(2)12(13(18)19-3)16-11(17)6-10-5-4-9(14)7-15-10;/h4-5,7-8,12H,6,14H2,1-3H3,(H,16,17);1H. The predicted octanol–water partition coefficient (Wildman–Crippen LogP) is 0.942. The van der Waals surface area contributed by atoms with E-state index in [2.05, 4.69) is 15.0 Å². The summed E-state index contributed by atoms with van der Waals surface area (Å²) in [5.74, 6) is -0.772. The van der Waals surface area contributed by atoms with Crippen LogP contribution in [0.4, 0.5) is 5.69 Å². The maximum absolute atomic E-state index is 11.8. The van der Waals surface area contributed by atoms with Gasteiger partial charge in [0, 0.05) is 5.69 Å². The van der Waals surface area contributed by atoms with Crippen LogP contribution < -0.4 is 11.1 Å². The number of methoxy groups -OCH3 is 1. The SMILES string of the molecule is COC(=O)C(NC(=O)Cc1ccc(N)cn1)C(C)C.Cl. The summed E-state index contributed by atoms with van der Waals surface area (Å²) in [7, 11) is 1.30. The molecule has 1 amide bonds. The number of hydrogen-bond donors (Lipinski definition) is 2. The van der Waals surface area contributed by atoms with Gasteiger partial charge in [-0.1, -0.05) is 13.8 Å². The molecule has 1 atom stereocenters. The number of nitrogen functional groups attached to an aromatic ring is 1. The highest BCUT2D eigenvalue weighted by Gasteiger charge is 2.24. The Hall–Kier alpha value is -1.82. The lowest BCUT2D eigenvalue weighted by Gasteiger charge is -2.19. The smallest absolute Gasteiger partial charge is 0.328 e. The lowest BCUT2D eigenvalue weighted by Crippen LogP contribution is -2.45. The minimum Gasteiger partial charge on any atom is -0.467 e. The molecule has 0 aromatic carbocycles. The van der Waals surface area contributed by atoms with Crippen LogP contribution in [0.15, 0.2) is 18.3 Å². The fourth-order valence-electron chi connectivity index (χ4n) is 1.55. The van der Waals surface area contributed by atoms with Gasteiger partial charge in [0.2, 0.25) is 5.91 Å². The molecule has 1 rings (SSSR count). The lowest BCUT2D eigenvalue weighted by molar-refractivity contribution is -0.146. The number of esters is 1. The number of amides is 1. The van der Waals surface area contributed by atoms with Crippen molar-refractivity contribution < 1.29 is 14.3 Å². The van der Waals surface area contributed by atoms with Gasteiger partial charge in [-0.25, -0.2) is 4.79 Å². The summed E-state index contributed by atoms with van der Waals surface area (Å²) < 4.78 is 4.65. The molecular weight excluding hydrogens is 282 g/mol. The maximum Gasteiger partial charge on any atom is 0.328 e. The third-order valence-corrected chi connectivity index (χ3v) is 2.63. The number of ether oxygens (including phenoxy) is 1. The van der Waals surface area contributed by atoms with Gasteiger partial charge in [-0.3, -0.25) is 9.78 Å². The van der Waals surface area contributed by atoms with Crippen molar-refractivity contribution in [2.24, 2.45) is 5.92 Å². The molecule has 0 saturated carbocycles. The first-order valence-electron chi connectivity index (χ1n) is 6.01. The molecule has 0 aliphatic heterocycles. The minimum absolute atomic E-state index is 0. The molecule has 7 heteroatoms. The first kappa shape index (κ1) is 18.2. The monoisotopic (exact) mass is 301 g/mol. The summed E-state index contributed by atoms with van der Waals surface area (Å²) in [5, 5.41) is 2.65. The summed E-state index contributed by atoms with van der Waals surface area (Å²) in [4.78, 5) is 27.4. The molecule has 0 aliphatic rings. The molecule has 0 spiro atoms. The van der Waals surface area contributed by atoms with Crippen molar-refractivity contribution in [1.29, 1.82) is 0 Å². The number of pyridine rings is 1. The van der Waals surface area contributed by atoms with Crippen LogP contribution in [0.2, 0.25) is 0 Å². The van der Waals surface area contributed by atoms with E-state index in [1.54, 1.807) is 12.1 Å². The zero-order chi connectivity index (χ0) is 14.4. The van der Waals surface area contributed by atoms with Crippen LogP contribution >= 0.6 is 12.4 Å². The fourth-order valence-corrected chi connectivity index (χ4v) is 1.55. The Bertz CT molecular complexity index is 449. The highest BCUT2D eigenvalue weighted by Crippen LogP contribution is 2.05. The number of rotatable bonds is 5. The number of nitrogens with two attached hydrogens (primary N) is 1. The zero-order valence-corrected chi connectivity index (χ0v) is 12.6. The molecule has 1 heterocycles. The van der Waals surface area contributed by atoms with Gasteiger partial charge in [0.25, 0.3) is 0 Å². The van der Waals surface area contributed by atoms with Crippen molar-refractivity contribution in [3.63, 3.8) is 0 Å².